The first-order chi connectivity index (χ1) is 29.0. The Labute approximate surface area is 344 Å². The Morgan fingerprint density at radius 1 is 0.533 bits per heavy atom. The second kappa shape index (κ2) is 16.9. The van der Waals surface area contributed by atoms with Crippen LogP contribution < -0.4 is 10.6 Å². The van der Waals surface area contributed by atoms with Crippen molar-refractivity contribution in [1.82, 2.24) is 49.6 Å². The molecule has 0 radical (unpaired) electrons. The molecule has 0 amide bonds. The molecule has 2 aromatic carbocycles. The molecule has 4 aliphatic rings. The SMILES string of the molecule is FC(F)(F)c1c(CN2CCNC(c3ccccc3)C2)ccn2c(CC3CC3)nnc12.FC(F)(F)c1c(CN2CCNC(c3ccccc3)C2)ccn2c(CC3CC3)nnc12. The fourth-order valence-electron chi connectivity index (χ4n) is 8.61. The van der Waals surface area contributed by atoms with Gasteiger partial charge >= 0.3 is 12.4 Å². The Bertz CT molecular complexity index is 2220. The second-order valence-electron chi connectivity index (χ2n) is 16.6. The van der Waals surface area contributed by atoms with Crippen LogP contribution in [0.5, 0.6) is 0 Å². The molecule has 4 aromatic heterocycles. The van der Waals surface area contributed by atoms with Crippen molar-refractivity contribution < 1.29 is 26.3 Å². The number of pyridine rings is 2. The third-order valence-corrected chi connectivity index (χ3v) is 12.1. The minimum absolute atomic E-state index is 0.0783. The van der Waals surface area contributed by atoms with E-state index in [0.29, 0.717) is 62.5 Å². The van der Waals surface area contributed by atoms with Crippen molar-refractivity contribution >= 4 is 11.3 Å². The van der Waals surface area contributed by atoms with E-state index in [1.165, 1.54) is 8.80 Å². The van der Waals surface area contributed by atoms with Gasteiger partial charge in [-0.3, -0.25) is 18.6 Å². The molecule has 2 saturated carbocycles. The average molecular weight is 831 g/mol. The fraction of sp³-hybridized carbons (Fsp3) is 0.455. The van der Waals surface area contributed by atoms with Crippen LogP contribution in [0.25, 0.3) is 11.3 Å². The van der Waals surface area contributed by atoms with Gasteiger partial charge in [0.2, 0.25) is 0 Å². The van der Waals surface area contributed by atoms with Crippen LogP contribution in [0.15, 0.2) is 85.2 Å². The van der Waals surface area contributed by atoms with Crippen LogP contribution in [-0.4, -0.2) is 78.3 Å². The van der Waals surface area contributed by atoms with Crippen LogP contribution in [0.4, 0.5) is 26.3 Å². The average Bonchev–Trinajstić information content (AvgIpc) is 4.17. The number of rotatable bonds is 10. The Balaban J connectivity index is 0.000000154. The number of alkyl halides is 6. The number of nitrogens with one attached hydrogen (secondary N) is 2. The van der Waals surface area contributed by atoms with E-state index in [-0.39, 0.29) is 47.6 Å². The van der Waals surface area contributed by atoms with E-state index in [0.717, 1.165) is 49.9 Å². The van der Waals surface area contributed by atoms with E-state index in [1.54, 1.807) is 24.5 Å². The lowest BCUT2D eigenvalue weighted by atomic mass is 10.0. The van der Waals surface area contributed by atoms with Crippen LogP contribution in [0.1, 0.15) is 82.8 Å². The summed E-state index contributed by atoms with van der Waals surface area (Å²) in [6.45, 7) is 4.66. The number of hydrogen-bond donors (Lipinski definition) is 2. The van der Waals surface area contributed by atoms with Crippen molar-refractivity contribution in [3.05, 3.63) is 130 Å². The number of nitrogens with zero attached hydrogens (tertiary/aromatic N) is 8. The number of halogens is 6. The largest absolute Gasteiger partial charge is 0.420 e. The Kier molecular flexibility index (Phi) is 11.4. The molecular formula is C44H48F6N10. The molecule has 2 aliphatic heterocycles. The Morgan fingerprint density at radius 2 is 0.933 bits per heavy atom. The maximum Gasteiger partial charge on any atom is 0.420 e. The van der Waals surface area contributed by atoms with Crippen LogP contribution in [0.2, 0.25) is 0 Å². The van der Waals surface area contributed by atoms with Gasteiger partial charge in [0.1, 0.15) is 22.8 Å². The Morgan fingerprint density at radius 3 is 1.30 bits per heavy atom. The summed E-state index contributed by atoms with van der Waals surface area (Å²) in [6.07, 6.45) is 0.291. The van der Waals surface area contributed by atoms with E-state index >= 15 is 0 Å². The molecule has 2 N–H and O–H groups in total. The highest BCUT2D eigenvalue weighted by molar-refractivity contribution is 5.55. The van der Waals surface area contributed by atoms with E-state index in [2.05, 4.69) is 40.8 Å². The smallest absolute Gasteiger partial charge is 0.308 e. The lowest BCUT2D eigenvalue weighted by molar-refractivity contribution is -0.138. The number of aromatic nitrogens is 6. The minimum Gasteiger partial charge on any atom is -0.308 e. The lowest BCUT2D eigenvalue weighted by Gasteiger charge is -2.34. The summed E-state index contributed by atoms with van der Waals surface area (Å²) in [6, 6.07) is 23.4. The van der Waals surface area contributed by atoms with Gasteiger partial charge in [0.15, 0.2) is 11.3 Å². The van der Waals surface area contributed by atoms with Crippen molar-refractivity contribution in [3.63, 3.8) is 0 Å². The Hall–Kier alpha value is -4.90. The summed E-state index contributed by atoms with van der Waals surface area (Å²) in [4.78, 5) is 4.16. The van der Waals surface area contributed by atoms with E-state index in [4.69, 9.17) is 0 Å². The molecule has 316 valence electrons. The number of piperazine rings is 2. The zero-order valence-corrected chi connectivity index (χ0v) is 33.1. The summed E-state index contributed by atoms with van der Waals surface area (Å²) < 4.78 is 87.3. The van der Waals surface area contributed by atoms with Crippen molar-refractivity contribution in [2.45, 2.75) is 76.1 Å². The van der Waals surface area contributed by atoms with E-state index in [9.17, 15) is 26.3 Å². The van der Waals surface area contributed by atoms with Crippen LogP contribution in [0, 0.1) is 11.8 Å². The molecule has 10 nitrogen and oxygen atoms in total. The third-order valence-electron chi connectivity index (χ3n) is 12.1. The molecule has 0 spiro atoms. The predicted molar refractivity (Wildman–Crippen MR) is 214 cm³/mol. The van der Waals surface area contributed by atoms with Crippen LogP contribution >= 0.6 is 0 Å². The topological polar surface area (TPSA) is 90.9 Å². The fourth-order valence-corrected chi connectivity index (χ4v) is 8.61. The van der Waals surface area contributed by atoms with Crippen molar-refractivity contribution in [2.24, 2.45) is 11.8 Å². The van der Waals surface area contributed by atoms with Crippen molar-refractivity contribution in [1.29, 1.82) is 0 Å². The summed E-state index contributed by atoms with van der Waals surface area (Å²) in [5, 5.41) is 23.0. The van der Waals surface area contributed by atoms with Gasteiger partial charge in [-0.1, -0.05) is 60.7 Å². The highest BCUT2D eigenvalue weighted by Crippen LogP contribution is 2.39. The maximum atomic E-state index is 14.0. The second-order valence-corrected chi connectivity index (χ2v) is 16.6. The molecular weight excluding hydrogens is 783 g/mol. The zero-order valence-electron chi connectivity index (χ0n) is 33.1. The lowest BCUT2D eigenvalue weighted by Crippen LogP contribution is -2.45. The zero-order chi connectivity index (χ0) is 41.4. The number of fused-ring (bicyclic) bond motifs is 2. The summed E-state index contributed by atoms with van der Waals surface area (Å²) in [7, 11) is 0. The highest BCUT2D eigenvalue weighted by atomic mass is 19.4. The van der Waals surface area contributed by atoms with Crippen molar-refractivity contribution in [2.75, 3.05) is 39.3 Å². The number of benzene rings is 2. The number of hydrogen-bond acceptors (Lipinski definition) is 8. The highest BCUT2D eigenvalue weighted by Gasteiger charge is 2.40. The van der Waals surface area contributed by atoms with Gasteiger partial charge in [0, 0.05) is 89.7 Å². The standard InChI is InChI=1S/2C22H24F3N5/c2*23-22(24,25)20-17(8-10-30-19(12-15-6-7-15)27-28-21(20)30)13-29-11-9-26-18(14-29)16-4-2-1-3-5-16/h2*1-5,8,10,15,18,26H,6-7,9,11-14H2. The molecule has 2 atom stereocenters. The third kappa shape index (κ3) is 9.21. The molecule has 2 unspecified atom stereocenters. The summed E-state index contributed by atoms with van der Waals surface area (Å²) in [5.74, 6) is 2.30. The van der Waals surface area contributed by atoms with Crippen molar-refractivity contribution in [3.8, 4) is 0 Å². The molecule has 6 heterocycles. The molecule has 16 heteroatoms. The quantitative estimate of drug-likeness (QED) is 0.136. The summed E-state index contributed by atoms with van der Waals surface area (Å²) in [5.41, 5.74) is 1.34. The van der Waals surface area contributed by atoms with Gasteiger partial charge in [-0.25, -0.2) is 0 Å². The van der Waals surface area contributed by atoms with Gasteiger partial charge < -0.3 is 10.6 Å². The molecule has 6 aromatic rings. The van der Waals surface area contributed by atoms with Crippen LogP contribution in [0.3, 0.4) is 0 Å². The molecule has 60 heavy (non-hydrogen) atoms. The van der Waals surface area contributed by atoms with E-state index < -0.39 is 23.5 Å². The predicted octanol–water partition coefficient (Wildman–Crippen LogP) is 7.69. The normalized spacial score (nSPS) is 20.7. The molecule has 4 fully saturated rings. The van der Waals surface area contributed by atoms with Crippen LogP contribution in [-0.2, 0) is 38.3 Å². The molecule has 2 saturated heterocycles. The molecule has 2 aliphatic carbocycles. The first-order valence-electron chi connectivity index (χ1n) is 20.8. The first kappa shape index (κ1) is 40.5. The molecule has 0 bridgehead atoms. The molecule has 10 rings (SSSR count). The van der Waals surface area contributed by atoms with Gasteiger partial charge in [0.25, 0.3) is 0 Å². The van der Waals surface area contributed by atoms with E-state index in [1.807, 2.05) is 60.7 Å². The summed E-state index contributed by atoms with van der Waals surface area (Å²) >= 11 is 0. The maximum absolute atomic E-state index is 14.0. The monoisotopic (exact) mass is 830 g/mol. The minimum atomic E-state index is -4.48. The first-order valence-corrected chi connectivity index (χ1v) is 20.8. The van der Waals surface area contributed by atoms with Gasteiger partial charge in [0.05, 0.1) is 0 Å². The van der Waals surface area contributed by atoms with Gasteiger partial charge in [-0.2, -0.15) is 26.3 Å². The van der Waals surface area contributed by atoms with Gasteiger partial charge in [-0.05, 0) is 71.9 Å². The van der Waals surface area contributed by atoms with Gasteiger partial charge in [-0.15, -0.1) is 20.4 Å².